The fourth-order valence-corrected chi connectivity index (χ4v) is 3.19. The number of rotatable bonds is 6. The summed E-state index contributed by atoms with van der Waals surface area (Å²) in [7, 11) is 0. The van der Waals surface area contributed by atoms with Crippen LogP contribution in [0, 0.1) is 5.92 Å². The number of hydrogen-bond donors (Lipinski definition) is 1. The molecule has 0 spiro atoms. The molecule has 0 aromatic heterocycles. The molecule has 1 aromatic carbocycles. The van der Waals surface area contributed by atoms with Crippen LogP contribution in [0.25, 0.3) is 0 Å². The first-order valence-electron chi connectivity index (χ1n) is 8.75. The Hall–Kier alpha value is -2.01. The van der Waals surface area contributed by atoms with E-state index in [-0.39, 0.29) is 11.9 Å². The van der Waals surface area contributed by atoms with Crippen LogP contribution in [-0.2, 0) is 16.0 Å². The quantitative estimate of drug-likeness (QED) is 0.276. The number of benzene rings is 1. The molecule has 0 amide bonds. The number of likely N-dealkylation sites (tertiary alicyclic amines) is 1. The first-order chi connectivity index (χ1) is 12.2. The predicted octanol–water partition coefficient (Wildman–Crippen LogP) is 3.38. The monoisotopic (exact) mass is 363 g/mol. The Balaban J connectivity index is 1.81. The lowest BCUT2D eigenvalue weighted by atomic mass is 9.97. The molecule has 1 saturated heterocycles. The minimum Gasteiger partial charge on any atom is -0.466 e. The van der Waals surface area contributed by atoms with Gasteiger partial charge < -0.3 is 15.5 Å². The maximum Gasteiger partial charge on any atom is 0.309 e. The molecule has 0 bridgehead atoms. The number of esters is 1. The zero-order valence-corrected chi connectivity index (χ0v) is 15.4. The minimum absolute atomic E-state index is 0.0144. The lowest BCUT2D eigenvalue weighted by molar-refractivity contribution is -0.149. The van der Waals surface area contributed by atoms with E-state index in [1.54, 1.807) is 0 Å². The molecule has 1 fully saturated rings. The Labute approximate surface area is 154 Å². The number of hydrazone groups is 1. The third-order valence-electron chi connectivity index (χ3n) is 4.38. The molecule has 0 unspecified atom stereocenters. The van der Waals surface area contributed by atoms with E-state index in [0.29, 0.717) is 6.61 Å². The summed E-state index contributed by atoms with van der Waals surface area (Å²) in [4.78, 5) is 13.9. The fourth-order valence-electron chi connectivity index (χ4n) is 2.96. The number of nitrogens with zero attached hydrogens (tertiary/aromatic N) is 2. The summed E-state index contributed by atoms with van der Waals surface area (Å²) < 4.78 is 5.10. The lowest BCUT2D eigenvalue weighted by Gasteiger charge is -2.31. The molecular formula is C19H26ClN3O2. The Bertz CT molecular complexity index is 623. The second kappa shape index (κ2) is 10.1. The fraction of sp³-hybridized carbons (Fsp3) is 0.474. The molecule has 0 radical (unpaired) electrons. The average molecular weight is 364 g/mol. The molecule has 2 N–H and O–H groups in total. The van der Waals surface area contributed by atoms with Crippen molar-refractivity contribution in [2.75, 3.05) is 19.7 Å². The third-order valence-corrected chi connectivity index (χ3v) is 4.74. The van der Waals surface area contributed by atoms with Gasteiger partial charge in [0.05, 0.1) is 12.5 Å². The molecule has 6 heteroatoms. The van der Waals surface area contributed by atoms with Crippen LogP contribution >= 0.6 is 11.6 Å². The summed E-state index contributed by atoms with van der Waals surface area (Å²) in [6.45, 7) is 3.78. The van der Waals surface area contributed by atoms with E-state index in [2.05, 4.69) is 16.1 Å². The first kappa shape index (κ1) is 19.3. The van der Waals surface area contributed by atoms with Crippen LogP contribution < -0.4 is 5.84 Å². The second-order valence-electron chi connectivity index (χ2n) is 6.03. The van der Waals surface area contributed by atoms with Crippen LogP contribution in [-0.4, -0.2) is 36.4 Å². The zero-order chi connectivity index (χ0) is 18.1. The predicted molar refractivity (Wildman–Crippen MR) is 101 cm³/mol. The molecule has 136 valence electrons. The smallest absolute Gasteiger partial charge is 0.309 e. The average Bonchev–Trinajstić information content (AvgIpc) is 2.63. The highest BCUT2D eigenvalue weighted by atomic mass is 35.5. The van der Waals surface area contributed by atoms with Gasteiger partial charge in [0.15, 0.2) is 0 Å². The maximum absolute atomic E-state index is 11.8. The van der Waals surface area contributed by atoms with Crippen LogP contribution in [0.15, 0.2) is 41.5 Å². The topological polar surface area (TPSA) is 67.9 Å². The van der Waals surface area contributed by atoms with Gasteiger partial charge in [0, 0.05) is 18.1 Å². The van der Waals surface area contributed by atoms with Gasteiger partial charge in [-0.3, -0.25) is 4.79 Å². The molecule has 5 nitrogen and oxygen atoms in total. The normalized spacial score (nSPS) is 16.4. The van der Waals surface area contributed by atoms with Crippen molar-refractivity contribution >= 4 is 23.4 Å². The van der Waals surface area contributed by atoms with Crippen LogP contribution in [0.4, 0.5) is 0 Å². The van der Waals surface area contributed by atoms with Crippen molar-refractivity contribution in [3.8, 4) is 0 Å². The van der Waals surface area contributed by atoms with Crippen molar-refractivity contribution in [3.63, 3.8) is 0 Å². The number of carbonyl (C=O) groups excluding carboxylic acids is 1. The Kier molecular flexibility index (Phi) is 7.79. The Morgan fingerprint density at radius 2 is 2.12 bits per heavy atom. The molecular weight excluding hydrogens is 338 g/mol. The van der Waals surface area contributed by atoms with Crippen molar-refractivity contribution < 1.29 is 9.53 Å². The largest absolute Gasteiger partial charge is 0.466 e. The van der Waals surface area contributed by atoms with E-state index >= 15 is 0 Å². The van der Waals surface area contributed by atoms with Gasteiger partial charge in [-0.05, 0) is 50.3 Å². The van der Waals surface area contributed by atoms with E-state index in [1.807, 2.05) is 37.3 Å². The number of piperidine rings is 1. The van der Waals surface area contributed by atoms with Gasteiger partial charge >= 0.3 is 5.97 Å². The van der Waals surface area contributed by atoms with E-state index in [4.69, 9.17) is 22.2 Å². The third kappa shape index (κ3) is 5.78. The molecule has 1 aliphatic heterocycles. The van der Waals surface area contributed by atoms with E-state index < -0.39 is 0 Å². The van der Waals surface area contributed by atoms with E-state index in [1.165, 1.54) is 0 Å². The van der Waals surface area contributed by atoms with Gasteiger partial charge in [-0.1, -0.05) is 35.9 Å². The highest BCUT2D eigenvalue weighted by molar-refractivity contribution is 6.31. The van der Waals surface area contributed by atoms with Crippen molar-refractivity contribution in [2.45, 2.75) is 32.6 Å². The molecule has 0 aliphatic carbocycles. The van der Waals surface area contributed by atoms with E-state index in [0.717, 1.165) is 55.2 Å². The first-order valence-corrected chi connectivity index (χ1v) is 9.13. The lowest BCUT2D eigenvalue weighted by Crippen LogP contribution is -2.40. The summed E-state index contributed by atoms with van der Waals surface area (Å²) >= 11 is 6.16. The summed E-state index contributed by atoms with van der Waals surface area (Å²) in [6, 6.07) is 7.86. The van der Waals surface area contributed by atoms with Crippen LogP contribution in [0.1, 0.15) is 31.7 Å². The Morgan fingerprint density at radius 3 is 2.76 bits per heavy atom. The zero-order valence-electron chi connectivity index (χ0n) is 14.7. The number of aryl methyl sites for hydroxylation is 1. The van der Waals surface area contributed by atoms with Gasteiger partial charge in [-0.2, -0.15) is 5.10 Å². The van der Waals surface area contributed by atoms with Gasteiger partial charge in [-0.15, -0.1) is 0 Å². The summed E-state index contributed by atoms with van der Waals surface area (Å²) in [5.74, 6) is 6.19. The number of amidine groups is 1. The number of halogens is 1. The number of carbonyl (C=O) groups is 1. The van der Waals surface area contributed by atoms with Crippen LogP contribution in [0.5, 0.6) is 0 Å². The molecule has 1 heterocycles. The summed E-state index contributed by atoms with van der Waals surface area (Å²) in [5, 5.41) is 4.69. The van der Waals surface area contributed by atoms with Gasteiger partial charge in [0.1, 0.15) is 5.84 Å². The molecule has 1 aromatic rings. The van der Waals surface area contributed by atoms with Crippen molar-refractivity contribution in [2.24, 2.45) is 16.9 Å². The highest BCUT2D eigenvalue weighted by Crippen LogP contribution is 2.20. The minimum atomic E-state index is -0.0938. The van der Waals surface area contributed by atoms with Crippen molar-refractivity contribution in [1.29, 1.82) is 0 Å². The second-order valence-corrected chi connectivity index (χ2v) is 6.44. The number of hydrogen-bond acceptors (Lipinski definition) is 4. The number of allylic oxidation sites excluding steroid dienone is 1. The molecule has 1 aliphatic rings. The highest BCUT2D eigenvalue weighted by Gasteiger charge is 2.26. The molecule has 0 atom stereocenters. The van der Waals surface area contributed by atoms with Crippen molar-refractivity contribution in [3.05, 3.63) is 47.0 Å². The SMILES string of the molecule is CCOC(=O)C1CCN(C(/C=C\CCc2ccccc2Cl)=N/N)CC1. The van der Waals surface area contributed by atoms with Crippen LogP contribution in [0.3, 0.4) is 0 Å². The number of ether oxygens (including phenoxy) is 1. The molecule has 2 rings (SSSR count). The molecule has 0 saturated carbocycles. The van der Waals surface area contributed by atoms with Crippen molar-refractivity contribution in [1.82, 2.24) is 4.90 Å². The van der Waals surface area contributed by atoms with Gasteiger partial charge in [0.25, 0.3) is 0 Å². The van der Waals surface area contributed by atoms with E-state index in [9.17, 15) is 4.79 Å². The standard InChI is InChI=1S/C19H26ClN3O2/c1-2-25-19(24)16-11-13-23(14-12-16)18(22-21)10-6-4-8-15-7-3-5-9-17(15)20/h3,5-7,9-10,16H,2,4,8,11-14,21H2,1H3/b10-6-,22-18+. The number of nitrogens with two attached hydrogens (primary N) is 1. The van der Waals surface area contributed by atoms with Gasteiger partial charge in [-0.25, -0.2) is 0 Å². The summed E-state index contributed by atoms with van der Waals surface area (Å²) in [5.41, 5.74) is 1.13. The van der Waals surface area contributed by atoms with Crippen LogP contribution in [0.2, 0.25) is 5.02 Å². The molecule has 25 heavy (non-hydrogen) atoms. The maximum atomic E-state index is 11.8. The Morgan fingerprint density at radius 1 is 1.40 bits per heavy atom. The summed E-state index contributed by atoms with van der Waals surface area (Å²) in [6.07, 6.45) is 7.28. The van der Waals surface area contributed by atoms with Gasteiger partial charge in [0.2, 0.25) is 0 Å².